The Labute approximate surface area is 58.1 Å². The predicted octanol–water partition coefficient (Wildman–Crippen LogP) is 2.69. The van der Waals surface area contributed by atoms with Crippen molar-refractivity contribution in [1.82, 2.24) is 0 Å². The van der Waals surface area contributed by atoms with Crippen LogP contribution in [0.4, 0.5) is 0 Å². The Balaban J connectivity index is 1.87. The second-order valence-electron chi connectivity index (χ2n) is 4.40. The second kappa shape index (κ2) is 1.56. The Kier molecular flexibility index (Phi) is 1.01. The van der Waals surface area contributed by atoms with Crippen molar-refractivity contribution >= 4 is 6.71 Å². The molecule has 0 spiro atoms. The maximum Gasteiger partial charge on any atom is 0.145 e. The molecule has 2 fully saturated rings. The van der Waals surface area contributed by atoms with E-state index < -0.39 is 0 Å². The fraction of sp³-hybridized carbons (Fsp3) is 1.00. The first-order chi connectivity index (χ1) is 4.23. The Bertz CT molecular complexity index is 127. The first kappa shape index (κ1) is 5.82. The molecule has 0 aromatic rings. The molecule has 9 heavy (non-hydrogen) atoms. The lowest BCUT2D eigenvalue weighted by Gasteiger charge is -2.26. The average Bonchev–Trinajstić information content (AvgIpc) is 2.16. The van der Waals surface area contributed by atoms with Gasteiger partial charge in [0.2, 0.25) is 0 Å². The summed E-state index contributed by atoms with van der Waals surface area (Å²) in [5.41, 5.74) is 0. The summed E-state index contributed by atoms with van der Waals surface area (Å²) >= 11 is 0. The van der Waals surface area contributed by atoms with Crippen molar-refractivity contribution in [2.24, 2.45) is 5.92 Å². The Morgan fingerprint density at radius 2 is 2.33 bits per heavy atom. The lowest BCUT2D eigenvalue weighted by atomic mass is 9.45. The van der Waals surface area contributed by atoms with Gasteiger partial charge in [0.15, 0.2) is 0 Å². The molecule has 0 saturated carbocycles. The highest BCUT2D eigenvalue weighted by Gasteiger charge is 2.62. The van der Waals surface area contributed by atoms with Gasteiger partial charge in [0, 0.05) is 0 Å². The standard InChI is InChI=1S/C8H15B/c1-7(2)5-8-3-4-9(8)6-8/h7H,3-6H2,1-2H3. The summed E-state index contributed by atoms with van der Waals surface area (Å²) in [4.78, 5) is 0. The van der Waals surface area contributed by atoms with Gasteiger partial charge >= 0.3 is 0 Å². The summed E-state index contributed by atoms with van der Waals surface area (Å²) in [6, 6.07) is 0. The highest BCUT2D eigenvalue weighted by molar-refractivity contribution is 6.77. The summed E-state index contributed by atoms with van der Waals surface area (Å²) in [6.45, 7) is 5.88. The molecule has 1 heteroatoms. The number of hydrogen-bond donors (Lipinski definition) is 0. The van der Waals surface area contributed by atoms with Crippen molar-refractivity contribution in [2.45, 2.75) is 44.6 Å². The molecular weight excluding hydrogens is 107 g/mol. The lowest BCUT2D eigenvalue weighted by molar-refractivity contribution is 0.469. The number of rotatable bonds is 2. The third-order valence-corrected chi connectivity index (χ3v) is 3.16. The minimum absolute atomic E-state index is 0.911. The zero-order chi connectivity index (χ0) is 6.48. The topological polar surface area (TPSA) is 0 Å². The van der Waals surface area contributed by atoms with Gasteiger partial charge in [-0.2, -0.15) is 0 Å². The molecule has 1 unspecified atom stereocenters. The van der Waals surface area contributed by atoms with E-state index >= 15 is 0 Å². The molecular formula is C8H15B. The molecule has 0 nitrogen and oxygen atoms in total. The molecule has 0 aliphatic carbocycles. The van der Waals surface area contributed by atoms with E-state index in [0.29, 0.717) is 0 Å². The van der Waals surface area contributed by atoms with Crippen LogP contribution in [-0.4, -0.2) is 6.71 Å². The lowest BCUT2D eigenvalue weighted by Crippen LogP contribution is -2.16. The van der Waals surface area contributed by atoms with Gasteiger partial charge in [-0.3, -0.25) is 0 Å². The largest absolute Gasteiger partial charge is 0.145 e. The summed E-state index contributed by atoms with van der Waals surface area (Å²) in [7, 11) is 0. The van der Waals surface area contributed by atoms with Crippen LogP contribution < -0.4 is 0 Å². The van der Waals surface area contributed by atoms with Gasteiger partial charge < -0.3 is 0 Å². The van der Waals surface area contributed by atoms with Crippen LogP contribution in [0.15, 0.2) is 0 Å². The van der Waals surface area contributed by atoms with Gasteiger partial charge in [0.25, 0.3) is 0 Å². The van der Waals surface area contributed by atoms with Crippen molar-refractivity contribution in [3.8, 4) is 0 Å². The minimum Gasteiger partial charge on any atom is -0.0746 e. The molecule has 1 atom stereocenters. The summed E-state index contributed by atoms with van der Waals surface area (Å²) in [6.07, 6.45) is 6.19. The van der Waals surface area contributed by atoms with Crippen molar-refractivity contribution in [2.75, 3.05) is 0 Å². The zero-order valence-corrected chi connectivity index (χ0v) is 6.48. The molecule has 2 rings (SSSR count). The third kappa shape index (κ3) is 0.737. The summed E-state index contributed by atoms with van der Waals surface area (Å²) in [5, 5.41) is 0.911. The van der Waals surface area contributed by atoms with Gasteiger partial charge in [-0.25, -0.2) is 0 Å². The fourth-order valence-electron chi connectivity index (χ4n) is 2.56. The average molecular weight is 122 g/mol. The van der Waals surface area contributed by atoms with E-state index in [0.717, 1.165) is 11.2 Å². The van der Waals surface area contributed by atoms with Gasteiger partial charge in [0.05, 0.1) is 0 Å². The maximum atomic E-state index is 2.35. The molecule has 0 bridgehead atoms. The highest BCUT2D eigenvalue weighted by atomic mass is 14.4. The molecule has 0 amide bonds. The molecule has 2 aliphatic rings. The molecule has 0 N–H and O–H groups in total. The van der Waals surface area contributed by atoms with Gasteiger partial charge in [-0.1, -0.05) is 44.6 Å². The predicted molar refractivity (Wildman–Crippen MR) is 42.1 cm³/mol. The van der Waals surface area contributed by atoms with Crippen LogP contribution in [0.1, 0.15) is 26.7 Å². The van der Waals surface area contributed by atoms with Crippen molar-refractivity contribution in [3.05, 3.63) is 0 Å². The van der Waals surface area contributed by atoms with E-state index in [1.165, 1.54) is 13.1 Å². The third-order valence-electron chi connectivity index (χ3n) is 3.16. The Hall–Kier alpha value is 0.0649. The monoisotopic (exact) mass is 122 g/mol. The molecule has 0 aromatic carbocycles. The van der Waals surface area contributed by atoms with Crippen LogP contribution in [0.25, 0.3) is 0 Å². The Morgan fingerprint density at radius 1 is 1.56 bits per heavy atom. The molecule has 2 aliphatic heterocycles. The smallest absolute Gasteiger partial charge is 0.0746 e. The van der Waals surface area contributed by atoms with Crippen LogP contribution in [0.3, 0.4) is 0 Å². The van der Waals surface area contributed by atoms with E-state index in [1.54, 1.807) is 19.1 Å². The molecule has 50 valence electrons. The zero-order valence-electron chi connectivity index (χ0n) is 6.48. The first-order valence-electron chi connectivity index (χ1n) is 4.23. The normalized spacial score (nSPS) is 38.3. The van der Waals surface area contributed by atoms with Crippen LogP contribution in [0.2, 0.25) is 18.0 Å². The maximum absolute atomic E-state index is 2.35. The molecule has 2 saturated heterocycles. The highest BCUT2D eigenvalue weighted by Crippen LogP contribution is 2.71. The van der Waals surface area contributed by atoms with Crippen molar-refractivity contribution in [3.63, 3.8) is 0 Å². The van der Waals surface area contributed by atoms with Gasteiger partial charge in [-0.15, -0.1) is 0 Å². The number of hydrogen-bond acceptors (Lipinski definition) is 0. The van der Waals surface area contributed by atoms with Gasteiger partial charge in [-0.05, 0) is 5.92 Å². The van der Waals surface area contributed by atoms with E-state index in [9.17, 15) is 0 Å². The van der Waals surface area contributed by atoms with Crippen LogP contribution >= 0.6 is 0 Å². The van der Waals surface area contributed by atoms with Crippen molar-refractivity contribution < 1.29 is 0 Å². The number of fused-ring (bicyclic) bond motifs is 1. The molecule has 0 aromatic heterocycles. The van der Waals surface area contributed by atoms with E-state index in [4.69, 9.17) is 0 Å². The van der Waals surface area contributed by atoms with E-state index in [1.807, 2.05) is 0 Å². The van der Waals surface area contributed by atoms with Gasteiger partial charge in [0.1, 0.15) is 6.71 Å². The minimum atomic E-state index is 0.911. The summed E-state index contributed by atoms with van der Waals surface area (Å²) < 4.78 is 0. The molecule has 2 heterocycles. The first-order valence-corrected chi connectivity index (χ1v) is 4.23. The fourth-order valence-corrected chi connectivity index (χ4v) is 2.56. The van der Waals surface area contributed by atoms with Crippen LogP contribution in [0, 0.1) is 5.92 Å². The SMILES string of the molecule is CC(C)CC12CCB1C2. The van der Waals surface area contributed by atoms with Crippen molar-refractivity contribution in [1.29, 1.82) is 0 Å². The quantitative estimate of drug-likeness (QED) is 0.494. The van der Waals surface area contributed by atoms with Crippen LogP contribution in [-0.2, 0) is 0 Å². The molecule has 0 radical (unpaired) electrons. The van der Waals surface area contributed by atoms with E-state index in [-0.39, 0.29) is 0 Å². The van der Waals surface area contributed by atoms with Crippen LogP contribution in [0.5, 0.6) is 0 Å². The summed E-state index contributed by atoms with van der Waals surface area (Å²) in [5.74, 6) is 0.940. The van der Waals surface area contributed by atoms with E-state index in [2.05, 4.69) is 13.8 Å². The second-order valence-corrected chi connectivity index (χ2v) is 4.40. The Morgan fingerprint density at radius 3 is 2.44 bits per heavy atom.